The molecule has 0 heterocycles. The molecule has 0 radical (unpaired) electrons. The van der Waals surface area contributed by atoms with Crippen LogP contribution in [-0.4, -0.2) is 23.3 Å². The number of aliphatic hydroxyl groups excluding tert-OH is 1. The average molecular weight is 240 g/mol. The summed E-state index contributed by atoms with van der Waals surface area (Å²) in [5, 5.41) is 13.5. The van der Waals surface area contributed by atoms with Crippen LogP contribution in [0.3, 0.4) is 0 Å². The highest BCUT2D eigenvalue weighted by atomic mass is 35.5. The smallest absolute Gasteiger partial charge is 0.0613 e. The fourth-order valence-corrected chi connectivity index (χ4v) is 2.17. The van der Waals surface area contributed by atoms with Crippen molar-refractivity contribution >= 4 is 11.6 Å². The molecule has 88 valence electrons. The molecule has 0 bridgehead atoms. The van der Waals surface area contributed by atoms with Crippen molar-refractivity contribution in [3.63, 3.8) is 0 Å². The van der Waals surface area contributed by atoms with Crippen LogP contribution >= 0.6 is 11.6 Å². The van der Waals surface area contributed by atoms with Crippen molar-refractivity contribution in [2.75, 3.05) is 6.61 Å². The minimum absolute atomic E-state index is 0.0197. The highest BCUT2D eigenvalue weighted by Crippen LogP contribution is 2.35. The number of nitrogens with one attached hydrogen (secondary N) is 1. The summed E-state index contributed by atoms with van der Waals surface area (Å²) in [4.78, 5) is 0. The van der Waals surface area contributed by atoms with E-state index in [9.17, 15) is 5.11 Å². The van der Waals surface area contributed by atoms with Crippen LogP contribution in [0, 0.1) is 0 Å². The highest BCUT2D eigenvalue weighted by Gasteiger charge is 2.42. The molecule has 1 fully saturated rings. The number of rotatable bonds is 5. The molecule has 3 heteroatoms. The Hall–Kier alpha value is -0.570. The second kappa shape index (κ2) is 4.74. The van der Waals surface area contributed by atoms with Gasteiger partial charge in [0.15, 0.2) is 0 Å². The van der Waals surface area contributed by atoms with Crippen LogP contribution in [0.15, 0.2) is 24.3 Å². The van der Waals surface area contributed by atoms with Gasteiger partial charge in [0.2, 0.25) is 0 Å². The lowest BCUT2D eigenvalue weighted by Gasteiger charge is -2.21. The topological polar surface area (TPSA) is 32.3 Å². The van der Waals surface area contributed by atoms with Gasteiger partial charge >= 0.3 is 0 Å². The minimum Gasteiger partial charge on any atom is -0.394 e. The van der Waals surface area contributed by atoms with E-state index in [-0.39, 0.29) is 12.1 Å². The van der Waals surface area contributed by atoms with Crippen molar-refractivity contribution in [2.24, 2.45) is 0 Å². The number of halogens is 1. The normalized spacial score (nSPS) is 19.4. The molecular formula is C13H18ClNO. The molecule has 1 aromatic carbocycles. The average Bonchev–Trinajstić information content (AvgIpc) is 3.02. The molecule has 2 nitrogen and oxygen atoms in total. The Labute approximate surface area is 102 Å². The number of aliphatic hydroxyl groups is 1. The Balaban J connectivity index is 1.87. The summed E-state index contributed by atoms with van der Waals surface area (Å²) in [6.45, 7) is 2.41. The van der Waals surface area contributed by atoms with Crippen LogP contribution in [0.5, 0.6) is 0 Å². The summed E-state index contributed by atoms with van der Waals surface area (Å²) in [5.74, 6) is 0. The first-order valence-corrected chi connectivity index (χ1v) is 6.14. The Morgan fingerprint density at radius 1 is 1.38 bits per heavy atom. The summed E-state index contributed by atoms with van der Waals surface area (Å²) < 4.78 is 0. The van der Waals surface area contributed by atoms with Crippen LogP contribution in [0.4, 0.5) is 0 Å². The summed E-state index contributed by atoms with van der Waals surface area (Å²) in [6, 6.07) is 8.33. The van der Waals surface area contributed by atoms with Crippen LogP contribution < -0.4 is 5.32 Å². The van der Waals surface area contributed by atoms with Crippen molar-refractivity contribution in [3.05, 3.63) is 34.9 Å². The molecule has 1 aliphatic carbocycles. The van der Waals surface area contributed by atoms with Crippen molar-refractivity contribution < 1.29 is 5.11 Å². The molecule has 16 heavy (non-hydrogen) atoms. The van der Waals surface area contributed by atoms with E-state index in [1.54, 1.807) is 0 Å². The summed E-state index contributed by atoms with van der Waals surface area (Å²) in [7, 11) is 0. The molecule has 1 aromatic rings. The van der Waals surface area contributed by atoms with E-state index < -0.39 is 0 Å². The Bertz CT molecular complexity index is 345. The summed E-state index contributed by atoms with van der Waals surface area (Å²) in [5.41, 5.74) is 1.30. The zero-order valence-corrected chi connectivity index (χ0v) is 10.3. The van der Waals surface area contributed by atoms with Crippen molar-refractivity contribution in [2.45, 2.75) is 37.8 Å². The minimum atomic E-state index is 0.0197. The van der Waals surface area contributed by atoms with E-state index in [2.05, 4.69) is 24.4 Å². The zero-order valence-electron chi connectivity index (χ0n) is 9.54. The maximum absolute atomic E-state index is 9.23. The lowest BCUT2D eigenvalue weighted by molar-refractivity contribution is 0.220. The predicted octanol–water partition coefficient (Wildman–Crippen LogP) is 2.39. The van der Waals surface area contributed by atoms with Crippen molar-refractivity contribution in [3.8, 4) is 0 Å². The summed E-state index contributed by atoms with van der Waals surface area (Å²) in [6.07, 6.45) is 3.15. The van der Waals surface area contributed by atoms with E-state index in [1.807, 2.05) is 12.1 Å². The third-order valence-electron chi connectivity index (χ3n) is 3.16. The van der Waals surface area contributed by atoms with Crippen LogP contribution in [-0.2, 0) is 6.42 Å². The van der Waals surface area contributed by atoms with Crippen LogP contribution in [0.2, 0.25) is 5.02 Å². The fourth-order valence-electron chi connectivity index (χ4n) is 2.05. The molecule has 1 unspecified atom stereocenters. The second-order valence-electron chi connectivity index (χ2n) is 4.81. The summed E-state index contributed by atoms with van der Waals surface area (Å²) >= 11 is 5.84. The Kier molecular flexibility index (Phi) is 3.53. The standard InChI is InChI=1S/C13H18ClNO/c1-10(15-13(9-16)6-7-13)8-11-2-4-12(14)5-3-11/h2-5,10,15-16H,6-9H2,1H3. The Morgan fingerprint density at radius 3 is 2.50 bits per heavy atom. The second-order valence-corrected chi connectivity index (χ2v) is 5.25. The molecule has 0 amide bonds. The van der Waals surface area contributed by atoms with Gasteiger partial charge in [-0.1, -0.05) is 23.7 Å². The van der Waals surface area contributed by atoms with E-state index in [0.717, 1.165) is 24.3 Å². The van der Waals surface area contributed by atoms with E-state index in [4.69, 9.17) is 11.6 Å². The third-order valence-corrected chi connectivity index (χ3v) is 3.42. The maximum Gasteiger partial charge on any atom is 0.0613 e. The first-order valence-electron chi connectivity index (χ1n) is 5.77. The fraction of sp³-hybridized carbons (Fsp3) is 0.538. The first-order chi connectivity index (χ1) is 7.63. The van der Waals surface area contributed by atoms with Gasteiger partial charge in [-0.15, -0.1) is 0 Å². The van der Waals surface area contributed by atoms with Gasteiger partial charge in [0.1, 0.15) is 0 Å². The van der Waals surface area contributed by atoms with Gasteiger partial charge in [0, 0.05) is 16.6 Å². The van der Waals surface area contributed by atoms with Gasteiger partial charge in [0.05, 0.1) is 6.61 Å². The molecule has 0 saturated heterocycles. The lowest BCUT2D eigenvalue weighted by Crippen LogP contribution is -2.42. The highest BCUT2D eigenvalue weighted by molar-refractivity contribution is 6.30. The van der Waals surface area contributed by atoms with Crippen LogP contribution in [0.25, 0.3) is 0 Å². The first kappa shape index (κ1) is 11.9. The van der Waals surface area contributed by atoms with Gasteiger partial charge in [-0.25, -0.2) is 0 Å². The van der Waals surface area contributed by atoms with Gasteiger partial charge < -0.3 is 10.4 Å². The number of hydrogen-bond donors (Lipinski definition) is 2. The lowest BCUT2D eigenvalue weighted by atomic mass is 10.1. The number of hydrogen-bond acceptors (Lipinski definition) is 2. The largest absolute Gasteiger partial charge is 0.394 e. The quantitative estimate of drug-likeness (QED) is 0.827. The molecule has 1 saturated carbocycles. The molecule has 1 atom stereocenters. The maximum atomic E-state index is 9.23. The molecule has 2 rings (SSSR count). The number of benzene rings is 1. The van der Waals surface area contributed by atoms with E-state index in [1.165, 1.54) is 5.56 Å². The molecular weight excluding hydrogens is 222 g/mol. The van der Waals surface area contributed by atoms with Gasteiger partial charge in [0.25, 0.3) is 0 Å². The SMILES string of the molecule is CC(Cc1ccc(Cl)cc1)NC1(CO)CC1. The molecule has 0 aliphatic heterocycles. The van der Waals surface area contributed by atoms with Gasteiger partial charge in [-0.3, -0.25) is 0 Å². The Morgan fingerprint density at radius 2 is 2.00 bits per heavy atom. The van der Waals surface area contributed by atoms with E-state index >= 15 is 0 Å². The molecule has 0 aromatic heterocycles. The van der Waals surface area contributed by atoms with Gasteiger partial charge in [-0.2, -0.15) is 0 Å². The van der Waals surface area contributed by atoms with E-state index in [0.29, 0.717) is 6.04 Å². The predicted molar refractivity (Wildman–Crippen MR) is 66.8 cm³/mol. The molecule has 1 aliphatic rings. The zero-order chi connectivity index (χ0) is 11.6. The monoisotopic (exact) mass is 239 g/mol. The van der Waals surface area contributed by atoms with Crippen molar-refractivity contribution in [1.29, 1.82) is 0 Å². The molecule has 0 spiro atoms. The molecule has 2 N–H and O–H groups in total. The van der Waals surface area contributed by atoms with Crippen LogP contribution in [0.1, 0.15) is 25.3 Å². The third kappa shape index (κ3) is 2.97. The van der Waals surface area contributed by atoms with Gasteiger partial charge in [-0.05, 0) is 43.9 Å². The van der Waals surface area contributed by atoms with Crippen molar-refractivity contribution in [1.82, 2.24) is 5.32 Å².